The molecule has 6 nitrogen and oxygen atoms in total. The maximum Gasteiger partial charge on any atom is 0.234 e. The molecule has 0 aliphatic heterocycles. The molecule has 1 heterocycles. The summed E-state index contributed by atoms with van der Waals surface area (Å²) in [6, 6.07) is 13.3. The van der Waals surface area contributed by atoms with Crippen molar-refractivity contribution < 1.29 is 4.79 Å². The number of amides is 1. The van der Waals surface area contributed by atoms with Crippen molar-refractivity contribution in [2.24, 2.45) is 0 Å². The first kappa shape index (κ1) is 17.4. The standard InChI is InChI=1S/C17H16ClN5OS/c1-11-4-3-5-14(8-11)23-17(20-21-22-23)25-10-16(24)19-13-7-6-12(2)15(18)9-13/h3-9H,10H2,1-2H3,(H,19,24). The number of nitrogens with one attached hydrogen (secondary N) is 1. The fourth-order valence-electron chi connectivity index (χ4n) is 2.19. The lowest BCUT2D eigenvalue weighted by Gasteiger charge is -2.07. The summed E-state index contributed by atoms with van der Waals surface area (Å²) in [5, 5.41) is 15.7. The average Bonchev–Trinajstić information content (AvgIpc) is 3.05. The molecule has 0 radical (unpaired) electrons. The number of thioether (sulfide) groups is 1. The molecule has 0 bridgehead atoms. The minimum absolute atomic E-state index is 0.149. The molecule has 0 spiro atoms. The van der Waals surface area contributed by atoms with E-state index in [9.17, 15) is 4.79 Å². The highest BCUT2D eigenvalue weighted by Gasteiger charge is 2.12. The number of carbonyl (C=O) groups excluding carboxylic acids is 1. The van der Waals surface area contributed by atoms with E-state index >= 15 is 0 Å². The first-order valence-corrected chi connectivity index (χ1v) is 8.93. The van der Waals surface area contributed by atoms with Crippen LogP contribution in [0.4, 0.5) is 5.69 Å². The summed E-state index contributed by atoms with van der Waals surface area (Å²) in [7, 11) is 0. The predicted octanol–water partition coefficient (Wildman–Crippen LogP) is 3.66. The van der Waals surface area contributed by atoms with Gasteiger partial charge in [-0.1, -0.05) is 41.6 Å². The van der Waals surface area contributed by atoms with Gasteiger partial charge < -0.3 is 5.32 Å². The van der Waals surface area contributed by atoms with Gasteiger partial charge >= 0.3 is 0 Å². The summed E-state index contributed by atoms with van der Waals surface area (Å²) >= 11 is 7.34. The molecule has 25 heavy (non-hydrogen) atoms. The van der Waals surface area contributed by atoms with E-state index in [1.54, 1.807) is 10.7 Å². The van der Waals surface area contributed by atoms with Gasteiger partial charge in [0.05, 0.1) is 11.4 Å². The van der Waals surface area contributed by atoms with Gasteiger partial charge in [-0.25, -0.2) is 0 Å². The molecule has 1 N–H and O–H groups in total. The van der Waals surface area contributed by atoms with Gasteiger partial charge in [-0.2, -0.15) is 4.68 Å². The van der Waals surface area contributed by atoms with E-state index in [1.165, 1.54) is 11.8 Å². The number of halogens is 1. The van der Waals surface area contributed by atoms with E-state index in [-0.39, 0.29) is 11.7 Å². The Bertz CT molecular complexity index is 912. The second kappa shape index (κ2) is 7.67. The summed E-state index contributed by atoms with van der Waals surface area (Å²) in [5.41, 5.74) is 3.60. The summed E-state index contributed by atoms with van der Waals surface area (Å²) in [4.78, 5) is 12.2. The van der Waals surface area contributed by atoms with Gasteiger partial charge in [0.15, 0.2) is 0 Å². The van der Waals surface area contributed by atoms with Crippen LogP contribution in [0.1, 0.15) is 11.1 Å². The number of aryl methyl sites for hydroxylation is 2. The maximum absolute atomic E-state index is 12.2. The van der Waals surface area contributed by atoms with Gasteiger partial charge in [0.25, 0.3) is 0 Å². The first-order chi connectivity index (χ1) is 12.0. The van der Waals surface area contributed by atoms with E-state index in [1.807, 2.05) is 50.2 Å². The van der Waals surface area contributed by atoms with E-state index in [2.05, 4.69) is 20.8 Å². The van der Waals surface area contributed by atoms with Crippen molar-refractivity contribution in [3.8, 4) is 5.69 Å². The summed E-state index contributed by atoms with van der Waals surface area (Å²) in [5.74, 6) is 0.0428. The average molecular weight is 374 g/mol. The number of rotatable bonds is 5. The monoisotopic (exact) mass is 373 g/mol. The molecule has 1 aromatic heterocycles. The van der Waals surface area contributed by atoms with Gasteiger partial charge in [0.2, 0.25) is 11.1 Å². The SMILES string of the molecule is Cc1cccc(-n2nnnc2SCC(=O)Nc2ccc(C)c(Cl)c2)c1. The normalized spacial score (nSPS) is 10.7. The van der Waals surface area contributed by atoms with E-state index in [4.69, 9.17) is 11.6 Å². The molecule has 0 saturated carbocycles. The molecule has 3 aromatic rings. The number of aromatic nitrogens is 4. The number of anilines is 1. The first-order valence-electron chi connectivity index (χ1n) is 7.57. The zero-order valence-electron chi connectivity index (χ0n) is 13.7. The predicted molar refractivity (Wildman–Crippen MR) is 99.4 cm³/mol. The molecule has 128 valence electrons. The van der Waals surface area contributed by atoms with Gasteiger partial charge in [-0.3, -0.25) is 4.79 Å². The molecule has 0 saturated heterocycles. The number of nitrogens with zero attached hydrogens (tertiary/aromatic N) is 4. The number of tetrazole rings is 1. The zero-order valence-corrected chi connectivity index (χ0v) is 15.3. The number of hydrogen-bond donors (Lipinski definition) is 1. The smallest absolute Gasteiger partial charge is 0.234 e. The van der Waals surface area contributed by atoms with Crippen LogP contribution in [0.15, 0.2) is 47.6 Å². The number of carbonyl (C=O) groups is 1. The topological polar surface area (TPSA) is 72.7 Å². The highest BCUT2D eigenvalue weighted by molar-refractivity contribution is 7.99. The Balaban J connectivity index is 1.65. The zero-order chi connectivity index (χ0) is 17.8. The third-order valence-electron chi connectivity index (χ3n) is 3.48. The molecule has 1 amide bonds. The second-order valence-corrected chi connectivity index (χ2v) is 6.86. The van der Waals surface area contributed by atoms with Crippen molar-refractivity contribution >= 4 is 35.0 Å². The van der Waals surface area contributed by atoms with Crippen LogP contribution in [-0.2, 0) is 4.79 Å². The van der Waals surface area contributed by atoms with Crippen molar-refractivity contribution in [1.29, 1.82) is 0 Å². The summed E-state index contributed by atoms with van der Waals surface area (Å²) in [6.07, 6.45) is 0. The third-order valence-corrected chi connectivity index (χ3v) is 4.80. The molecule has 3 rings (SSSR count). The second-order valence-electron chi connectivity index (χ2n) is 5.51. The van der Waals surface area contributed by atoms with Crippen LogP contribution in [0.25, 0.3) is 5.69 Å². The molecule has 0 fully saturated rings. The Morgan fingerprint density at radius 1 is 1.24 bits per heavy atom. The Morgan fingerprint density at radius 2 is 2.08 bits per heavy atom. The minimum atomic E-state index is -0.149. The highest BCUT2D eigenvalue weighted by Crippen LogP contribution is 2.22. The van der Waals surface area contributed by atoms with Gasteiger partial charge in [-0.05, 0) is 59.7 Å². The Hall–Kier alpha value is -2.38. The van der Waals surface area contributed by atoms with Crippen LogP contribution in [0, 0.1) is 13.8 Å². The lowest BCUT2D eigenvalue weighted by atomic mass is 10.2. The van der Waals surface area contributed by atoms with E-state index in [0.717, 1.165) is 16.8 Å². The van der Waals surface area contributed by atoms with Crippen molar-refractivity contribution in [1.82, 2.24) is 20.2 Å². The molecule has 0 aliphatic carbocycles. The highest BCUT2D eigenvalue weighted by atomic mass is 35.5. The lowest BCUT2D eigenvalue weighted by Crippen LogP contribution is -2.14. The van der Waals surface area contributed by atoms with Gasteiger partial charge in [0, 0.05) is 10.7 Å². The lowest BCUT2D eigenvalue weighted by molar-refractivity contribution is -0.113. The van der Waals surface area contributed by atoms with Gasteiger partial charge in [0.1, 0.15) is 0 Å². The Kier molecular flexibility index (Phi) is 5.35. The quantitative estimate of drug-likeness (QED) is 0.691. The summed E-state index contributed by atoms with van der Waals surface area (Å²) in [6.45, 7) is 3.91. The van der Waals surface area contributed by atoms with Crippen LogP contribution in [0.3, 0.4) is 0 Å². The summed E-state index contributed by atoms with van der Waals surface area (Å²) < 4.78 is 1.62. The molecule has 0 aliphatic rings. The number of hydrogen-bond acceptors (Lipinski definition) is 5. The van der Waals surface area contributed by atoms with Crippen LogP contribution < -0.4 is 5.32 Å². The van der Waals surface area contributed by atoms with Gasteiger partial charge in [-0.15, -0.1) is 5.10 Å². The third kappa shape index (κ3) is 4.37. The van der Waals surface area contributed by atoms with Crippen LogP contribution >= 0.6 is 23.4 Å². The molecule has 2 aromatic carbocycles. The van der Waals surface area contributed by atoms with E-state index in [0.29, 0.717) is 15.9 Å². The molecule has 0 atom stereocenters. The fourth-order valence-corrected chi connectivity index (χ4v) is 3.06. The van der Waals surface area contributed by atoms with E-state index < -0.39 is 0 Å². The maximum atomic E-state index is 12.2. The van der Waals surface area contributed by atoms with Crippen molar-refractivity contribution in [3.05, 3.63) is 58.6 Å². The fraction of sp³-hybridized carbons (Fsp3) is 0.176. The molecule has 0 unspecified atom stereocenters. The Morgan fingerprint density at radius 3 is 2.84 bits per heavy atom. The largest absolute Gasteiger partial charge is 0.325 e. The van der Waals surface area contributed by atoms with Crippen molar-refractivity contribution in [2.45, 2.75) is 19.0 Å². The van der Waals surface area contributed by atoms with Crippen LogP contribution in [0.5, 0.6) is 0 Å². The van der Waals surface area contributed by atoms with Crippen LogP contribution in [0.2, 0.25) is 5.02 Å². The van der Waals surface area contributed by atoms with Crippen molar-refractivity contribution in [2.75, 3.05) is 11.1 Å². The Labute approximate surface area is 154 Å². The minimum Gasteiger partial charge on any atom is -0.325 e. The molecular formula is C17H16ClN5OS. The molecule has 8 heteroatoms. The van der Waals surface area contributed by atoms with Crippen LogP contribution in [-0.4, -0.2) is 31.9 Å². The number of benzene rings is 2. The molecular weight excluding hydrogens is 358 g/mol. The van der Waals surface area contributed by atoms with Crippen molar-refractivity contribution in [3.63, 3.8) is 0 Å².